The first-order chi connectivity index (χ1) is 7.29. The molecule has 94 valence electrons. The van der Waals surface area contributed by atoms with Crippen molar-refractivity contribution in [3.63, 3.8) is 0 Å². The van der Waals surface area contributed by atoms with Crippen molar-refractivity contribution in [3.8, 4) is 0 Å². The van der Waals surface area contributed by atoms with Crippen molar-refractivity contribution in [2.24, 2.45) is 5.92 Å². The molecule has 0 spiro atoms. The third-order valence-electron chi connectivity index (χ3n) is 2.66. The van der Waals surface area contributed by atoms with Crippen LogP contribution < -0.4 is 5.32 Å². The maximum absolute atomic E-state index is 11.9. The molecule has 1 aliphatic rings. The zero-order chi connectivity index (χ0) is 12.3. The quantitative estimate of drug-likeness (QED) is 0.744. The van der Waals surface area contributed by atoms with Gasteiger partial charge in [-0.05, 0) is 26.7 Å². The van der Waals surface area contributed by atoms with E-state index in [2.05, 4.69) is 19.2 Å². The molecular formula is C12H24N2O2. The summed E-state index contributed by atoms with van der Waals surface area (Å²) in [5.74, 6) is 0.533. The summed E-state index contributed by atoms with van der Waals surface area (Å²) in [7, 11) is 0. The zero-order valence-electron chi connectivity index (χ0n) is 11.0. The van der Waals surface area contributed by atoms with Crippen LogP contribution in [0, 0.1) is 5.92 Å². The van der Waals surface area contributed by atoms with Crippen molar-refractivity contribution in [2.75, 3.05) is 19.6 Å². The lowest BCUT2D eigenvalue weighted by Crippen LogP contribution is -2.55. The van der Waals surface area contributed by atoms with Crippen LogP contribution in [0.1, 0.15) is 34.6 Å². The summed E-state index contributed by atoms with van der Waals surface area (Å²) >= 11 is 0. The van der Waals surface area contributed by atoms with E-state index in [1.54, 1.807) is 4.90 Å². The molecule has 0 aromatic heterocycles. The fourth-order valence-corrected chi connectivity index (χ4v) is 1.72. The number of rotatable bonds is 1. The topological polar surface area (TPSA) is 41.6 Å². The summed E-state index contributed by atoms with van der Waals surface area (Å²) in [6.07, 6.45) is -0.195. The molecular weight excluding hydrogens is 204 g/mol. The molecule has 1 N–H and O–H groups in total. The largest absolute Gasteiger partial charge is 0.444 e. The van der Waals surface area contributed by atoms with E-state index in [-0.39, 0.29) is 6.09 Å². The fourth-order valence-electron chi connectivity index (χ4n) is 1.72. The average molecular weight is 228 g/mol. The molecule has 0 aliphatic carbocycles. The number of carbonyl (C=O) groups is 1. The Morgan fingerprint density at radius 3 is 2.56 bits per heavy atom. The summed E-state index contributed by atoms with van der Waals surface area (Å²) < 4.78 is 5.36. The van der Waals surface area contributed by atoms with Crippen LogP contribution in [0.15, 0.2) is 0 Å². The molecule has 0 saturated carbocycles. The second-order valence-corrected chi connectivity index (χ2v) is 5.73. The van der Waals surface area contributed by atoms with Gasteiger partial charge in [0.1, 0.15) is 5.60 Å². The van der Waals surface area contributed by atoms with Crippen molar-refractivity contribution < 1.29 is 9.53 Å². The Morgan fingerprint density at radius 1 is 1.44 bits per heavy atom. The van der Waals surface area contributed by atoms with Gasteiger partial charge in [0.15, 0.2) is 0 Å². The normalized spacial score (nSPS) is 22.4. The van der Waals surface area contributed by atoms with E-state index in [1.165, 1.54) is 0 Å². The van der Waals surface area contributed by atoms with Crippen LogP contribution in [0.2, 0.25) is 0 Å². The standard InChI is InChI=1S/C12H24N2O2/c1-9(2)10-8-14(7-6-13-10)11(15)16-12(3,4)5/h9-10,13H,6-8H2,1-5H3/t10-/m0/s1. The molecule has 1 saturated heterocycles. The Balaban J connectivity index is 2.50. The average Bonchev–Trinajstić information content (AvgIpc) is 2.15. The summed E-state index contributed by atoms with van der Waals surface area (Å²) in [5, 5.41) is 3.42. The molecule has 0 radical (unpaired) electrons. The van der Waals surface area contributed by atoms with Crippen LogP contribution in [-0.4, -0.2) is 42.3 Å². The van der Waals surface area contributed by atoms with Crippen LogP contribution in [-0.2, 0) is 4.74 Å². The van der Waals surface area contributed by atoms with Gasteiger partial charge in [-0.3, -0.25) is 0 Å². The van der Waals surface area contributed by atoms with Crippen molar-refractivity contribution >= 4 is 6.09 Å². The van der Waals surface area contributed by atoms with Crippen LogP contribution in [0.3, 0.4) is 0 Å². The predicted octanol–water partition coefficient (Wildman–Crippen LogP) is 1.85. The van der Waals surface area contributed by atoms with E-state index in [4.69, 9.17) is 4.74 Å². The highest BCUT2D eigenvalue weighted by Crippen LogP contribution is 2.13. The highest BCUT2D eigenvalue weighted by Gasteiger charge is 2.28. The van der Waals surface area contributed by atoms with Gasteiger partial charge in [0.25, 0.3) is 0 Å². The molecule has 0 aromatic rings. The van der Waals surface area contributed by atoms with E-state index in [1.807, 2.05) is 20.8 Å². The van der Waals surface area contributed by atoms with Gasteiger partial charge in [0.2, 0.25) is 0 Å². The van der Waals surface area contributed by atoms with Crippen LogP contribution in [0.4, 0.5) is 4.79 Å². The second kappa shape index (κ2) is 5.04. The van der Waals surface area contributed by atoms with Crippen LogP contribution >= 0.6 is 0 Å². The predicted molar refractivity (Wildman–Crippen MR) is 64.4 cm³/mol. The zero-order valence-corrected chi connectivity index (χ0v) is 11.0. The second-order valence-electron chi connectivity index (χ2n) is 5.73. The molecule has 1 aliphatic heterocycles. The first kappa shape index (κ1) is 13.3. The van der Waals surface area contributed by atoms with Crippen molar-refractivity contribution in [1.82, 2.24) is 10.2 Å². The Labute approximate surface area is 98.3 Å². The maximum Gasteiger partial charge on any atom is 0.410 e. The molecule has 1 atom stereocenters. The summed E-state index contributed by atoms with van der Waals surface area (Å²) in [6, 6.07) is 0.376. The van der Waals surface area contributed by atoms with Gasteiger partial charge < -0.3 is 15.0 Å². The fraction of sp³-hybridized carbons (Fsp3) is 0.917. The number of hydrogen-bond donors (Lipinski definition) is 1. The summed E-state index contributed by atoms with van der Waals surface area (Å²) in [6.45, 7) is 12.3. The number of nitrogens with one attached hydrogen (secondary N) is 1. The van der Waals surface area contributed by atoms with E-state index in [0.29, 0.717) is 12.0 Å². The first-order valence-electron chi connectivity index (χ1n) is 6.01. The van der Waals surface area contributed by atoms with Gasteiger partial charge in [-0.1, -0.05) is 13.8 Å². The van der Waals surface area contributed by atoms with Crippen LogP contribution in [0.25, 0.3) is 0 Å². The molecule has 1 fully saturated rings. The van der Waals surface area contributed by atoms with Gasteiger partial charge in [0.05, 0.1) is 0 Å². The Kier molecular flexibility index (Phi) is 4.19. The molecule has 1 amide bonds. The minimum Gasteiger partial charge on any atom is -0.444 e. The van der Waals surface area contributed by atoms with Gasteiger partial charge in [-0.25, -0.2) is 4.79 Å². The highest BCUT2D eigenvalue weighted by atomic mass is 16.6. The first-order valence-corrected chi connectivity index (χ1v) is 6.01. The third-order valence-corrected chi connectivity index (χ3v) is 2.66. The number of ether oxygens (including phenoxy) is 1. The van der Waals surface area contributed by atoms with Gasteiger partial charge in [-0.15, -0.1) is 0 Å². The number of carbonyl (C=O) groups excluding carboxylic acids is 1. The van der Waals surface area contributed by atoms with Crippen molar-refractivity contribution in [1.29, 1.82) is 0 Å². The summed E-state index contributed by atoms with van der Waals surface area (Å²) in [4.78, 5) is 13.7. The molecule has 4 heteroatoms. The van der Waals surface area contributed by atoms with E-state index in [9.17, 15) is 4.79 Å². The van der Waals surface area contributed by atoms with Crippen molar-refractivity contribution in [2.45, 2.75) is 46.3 Å². The Hall–Kier alpha value is -0.770. The Morgan fingerprint density at radius 2 is 2.06 bits per heavy atom. The third kappa shape index (κ3) is 4.00. The number of hydrogen-bond acceptors (Lipinski definition) is 3. The molecule has 0 aromatic carbocycles. The lowest BCUT2D eigenvalue weighted by atomic mass is 10.0. The highest BCUT2D eigenvalue weighted by molar-refractivity contribution is 5.68. The number of amides is 1. The molecule has 4 nitrogen and oxygen atoms in total. The molecule has 0 unspecified atom stereocenters. The van der Waals surface area contributed by atoms with E-state index in [0.717, 1.165) is 19.6 Å². The Bertz CT molecular complexity index is 246. The maximum atomic E-state index is 11.9. The molecule has 16 heavy (non-hydrogen) atoms. The number of nitrogens with zero attached hydrogens (tertiary/aromatic N) is 1. The lowest BCUT2D eigenvalue weighted by Gasteiger charge is -2.36. The minimum atomic E-state index is -0.407. The lowest BCUT2D eigenvalue weighted by molar-refractivity contribution is 0.0179. The van der Waals surface area contributed by atoms with Crippen LogP contribution in [0.5, 0.6) is 0 Å². The minimum absolute atomic E-state index is 0.195. The van der Waals surface area contributed by atoms with Crippen molar-refractivity contribution in [3.05, 3.63) is 0 Å². The smallest absolute Gasteiger partial charge is 0.410 e. The molecule has 1 rings (SSSR count). The van der Waals surface area contributed by atoms with Gasteiger partial charge in [-0.2, -0.15) is 0 Å². The number of piperazine rings is 1. The SMILES string of the molecule is CC(C)[C@@H]1CN(C(=O)OC(C)(C)C)CCN1. The summed E-state index contributed by atoms with van der Waals surface area (Å²) in [5.41, 5.74) is -0.407. The molecule has 0 bridgehead atoms. The monoisotopic (exact) mass is 228 g/mol. The molecule has 1 heterocycles. The van der Waals surface area contributed by atoms with E-state index >= 15 is 0 Å². The van der Waals surface area contributed by atoms with Gasteiger partial charge in [0, 0.05) is 25.7 Å². The van der Waals surface area contributed by atoms with Gasteiger partial charge >= 0.3 is 6.09 Å². The van der Waals surface area contributed by atoms with E-state index < -0.39 is 5.60 Å².